The highest BCUT2D eigenvalue weighted by molar-refractivity contribution is 6.30. The number of pyridine rings is 1. The lowest BCUT2D eigenvalue weighted by molar-refractivity contribution is 0.102. The molecule has 0 amide bonds. The molecule has 5 heteroatoms. The van der Waals surface area contributed by atoms with Crippen molar-refractivity contribution in [1.29, 1.82) is 0 Å². The van der Waals surface area contributed by atoms with Crippen molar-refractivity contribution in [2.24, 2.45) is 7.05 Å². The first-order valence-corrected chi connectivity index (χ1v) is 4.70. The van der Waals surface area contributed by atoms with Crippen LogP contribution in [-0.4, -0.2) is 20.3 Å². The minimum absolute atomic E-state index is 0.209. The molecule has 0 N–H and O–H groups in total. The molecule has 0 bridgehead atoms. The fourth-order valence-electron chi connectivity index (χ4n) is 1.21. The molecule has 0 unspecified atom stereocenters. The number of hydrogen-bond donors (Lipinski definition) is 0. The van der Waals surface area contributed by atoms with Crippen molar-refractivity contribution in [3.05, 3.63) is 47.3 Å². The van der Waals surface area contributed by atoms with E-state index < -0.39 is 0 Å². The van der Waals surface area contributed by atoms with E-state index in [1.807, 2.05) is 0 Å². The van der Waals surface area contributed by atoms with Gasteiger partial charge in [-0.25, -0.2) is 4.98 Å². The molecule has 2 aromatic rings. The van der Waals surface area contributed by atoms with Gasteiger partial charge in [0.05, 0.1) is 5.02 Å². The Labute approximate surface area is 91.5 Å². The van der Waals surface area contributed by atoms with Crippen LogP contribution in [0.25, 0.3) is 0 Å². The third-order valence-electron chi connectivity index (χ3n) is 1.98. The second kappa shape index (κ2) is 3.82. The van der Waals surface area contributed by atoms with Crippen molar-refractivity contribution in [3.63, 3.8) is 0 Å². The van der Waals surface area contributed by atoms with E-state index >= 15 is 0 Å². The van der Waals surface area contributed by atoms with Gasteiger partial charge in [-0.05, 0) is 12.1 Å². The summed E-state index contributed by atoms with van der Waals surface area (Å²) in [6.07, 6.45) is 4.73. The Balaban J connectivity index is 2.37. The molecule has 2 heterocycles. The largest absolute Gasteiger partial charge is 0.331 e. The normalized spacial score (nSPS) is 10.3. The lowest BCUT2D eigenvalue weighted by Crippen LogP contribution is -2.10. The Kier molecular flexibility index (Phi) is 2.51. The molecule has 2 rings (SSSR count). The van der Waals surface area contributed by atoms with E-state index in [0.717, 1.165) is 0 Å². The summed E-state index contributed by atoms with van der Waals surface area (Å²) in [5, 5.41) is 0.506. The third-order valence-corrected chi connectivity index (χ3v) is 2.21. The lowest BCUT2D eigenvalue weighted by Gasteiger charge is -1.99. The van der Waals surface area contributed by atoms with Crippen LogP contribution in [0, 0.1) is 0 Å². The average molecular weight is 222 g/mol. The predicted molar refractivity (Wildman–Crippen MR) is 55.9 cm³/mol. The summed E-state index contributed by atoms with van der Waals surface area (Å²) in [5.74, 6) is 0.156. The van der Waals surface area contributed by atoms with Crippen LogP contribution in [0.3, 0.4) is 0 Å². The molecule has 0 spiro atoms. The number of ketones is 1. The molecule has 0 fully saturated rings. The zero-order chi connectivity index (χ0) is 10.8. The molecule has 0 aliphatic carbocycles. The molecule has 0 aliphatic heterocycles. The SMILES string of the molecule is Cn1ccnc1C(=O)c1ccc(Cl)cn1. The summed E-state index contributed by atoms with van der Waals surface area (Å²) in [6, 6.07) is 3.21. The average Bonchev–Trinajstić information content (AvgIpc) is 2.65. The van der Waals surface area contributed by atoms with Crippen molar-refractivity contribution < 1.29 is 4.79 Å². The van der Waals surface area contributed by atoms with E-state index in [0.29, 0.717) is 16.5 Å². The number of nitrogens with zero attached hydrogens (tertiary/aromatic N) is 3. The molecule has 15 heavy (non-hydrogen) atoms. The summed E-state index contributed by atoms with van der Waals surface area (Å²) in [7, 11) is 1.76. The van der Waals surface area contributed by atoms with Gasteiger partial charge in [-0.15, -0.1) is 0 Å². The number of imidazole rings is 1. The maximum atomic E-state index is 11.9. The number of rotatable bonds is 2. The van der Waals surface area contributed by atoms with Crippen LogP contribution in [0.15, 0.2) is 30.7 Å². The molecule has 0 aromatic carbocycles. The van der Waals surface area contributed by atoms with Crippen LogP contribution < -0.4 is 0 Å². The fourth-order valence-corrected chi connectivity index (χ4v) is 1.32. The monoisotopic (exact) mass is 221 g/mol. The van der Waals surface area contributed by atoms with Crippen molar-refractivity contribution in [2.75, 3.05) is 0 Å². The first-order valence-electron chi connectivity index (χ1n) is 4.32. The standard InChI is InChI=1S/C10H8ClN3O/c1-14-5-4-12-10(14)9(15)8-3-2-7(11)6-13-8/h2-6H,1H3. The van der Waals surface area contributed by atoms with Crippen molar-refractivity contribution >= 4 is 17.4 Å². The molecule has 0 saturated carbocycles. The molecule has 0 atom stereocenters. The van der Waals surface area contributed by atoms with E-state index in [1.54, 1.807) is 36.1 Å². The van der Waals surface area contributed by atoms with Gasteiger partial charge in [0.1, 0.15) is 5.69 Å². The van der Waals surface area contributed by atoms with Gasteiger partial charge in [-0.3, -0.25) is 9.78 Å². The smallest absolute Gasteiger partial charge is 0.246 e. The fraction of sp³-hybridized carbons (Fsp3) is 0.100. The number of carbonyl (C=O) groups is 1. The molecule has 0 saturated heterocycles. The first-order chi connectivity index (χ1) is 7.18. The third kappa shape index (κ3) is 1.89. The Morgan fingerprint density at radius 3 is 2.73 bits per heavy atom. The number of aromatic nitrogens is 3. The highest BCUT2D eigenvalue weighted by Crippen LogP contribution is 2.09. The summed E-state index contributed by atoms with van der Waals surface area (Å²) < 4.78 is 1.65. The van der Waals surface area contributed by atoms with Crippen LogP contribution in [0.5, 0.6) is 0 Å². The molecular weight excluding hydrogens is 214 g/mol. The quantitative estimate of drug-likeness (QED) is 0.726. The zero-order valence-corrected chi connectivity index (χ0v) is 8.77. The van der Waals surface area contributed by atoms with Crippen LogP contribution in [0.1, 0.15) is 16.3 Å². The zero-order valence-electron chi connectivity index (χ0n) is 8.01. The minimum atomic E-state index is -0.209. The highest BCUT2D eigenvalue weighted by Gasteiger charge is 2.14. The predicted octanol–water partition coefficient (Wildman–Crippen LogP) is 1.70. The summed E-state index contributed by atoms with van der Waals surface area (Å²) >= 11 is 5.68. The molecule has 2 aromatic heterocycles. The number of hydrogen-bond acceptors (Lipinski definition) is 3. The van der Waals surface area contributed by atoms with Crippen LogP contribution in [0.2, 0.25) is 5.02 Å². The lowest BCUT2D eigenvalue weighted by atomic mass is 10.2. The molecule has 76 valence electrons. The van der Waals surface area contributed by atoms with E-state index in [2.05, 4.69) is 9.97 Å². The summed E-state index contributed by atoms with van der Waals surface area (Å²) in [5.41, 5.74) is 0.341. The minimum Gasteiger partial charge on any atom is -0.331 e. The molecular formula is C10H8ClN3O. The maximum Gasteiger partial charge on any atom is 0.246 e. The van der Waals surface area contributed by atoms with Gasteiger partial charge in [0.25, 0.3) is 0 Å². The van der Waals surface area contributed by atoms with E-state index in [-0.39, 0.29) is 5.78 Å². The second-order valence-corrected chi connectivity index (χ2v) is 3.49. The summed E-state index contributed by atoms with van der Waals surface area (Å²) in [4.78, 5) is 19.7. The van der Waals surface area contributed by atoms with Crippen LogP contribution in [0.4, 0.5) is 0 Å². The Hall–Kier alpha value is -1.68. The topological polar surface area (TPSA) is 47.8 Å². The van der Waals surface area contributed by atoms with Gasteiger partial charge in [0.15, 0.2) is 5.82 Å². The number of aryl methyl sites for hydroxylation is 1. The van der Waals surface area contributed by atoms with Gasteiger partial charge in [-0.1, -0.05) is 11.6 Å². The highest BCUT2D eigenvalue weighted by atomic mass is 35.5. The van der Waals surface area contributed by atoms with Crippen LogP contribution >= 0.6 is 11.6 Å². The second-order valence-electron chi connectivity index (χ2n) is 3.05. The molecule has 0 radical (unpaired) electrons. The summed E-state index contributed by atoms with van der Waals surface area (Å²) in [6.45, 7) is 0. The first kappa shape index (κ1) is 9.86. The van der Waals surface area contributed by atoms with Crippen LogP contribution in [-0.2, 0) is 7.05 Å². The molecule has 0 aliphatic rings. The van der Waals surface area contributed by atoms with Gasteiger partial charge in [0.2, 0.25) is 5.78 Å². The van der Waals surface area contributed by atoms with E-state index in [1.165, 1.54) is 6.20 Å². The van der Waals surface area contributed by atoms with Gasteiger partial charge in [-0.2, -0.15) is 0 Å². The molecule has 4 nitrogen and oxygen atoms in total. The van der Waals surface area contributed by atoms with E-state index in [9.17, 15) is 4.79 Å². The number of carbonyl (C=O) groups excluding carboxylic acids is 1. The van der Waals surface area contributed by atoms with Crippen molar-refractivity contribution in [3.8, 4) is 0 Å². The number of halogens is 1. The van der Waals surface area contributed by atoms with E-state index in [4.69, 9.17) is 11.6 Å². The Morgan fingerprint density at radius 2 is 2.20 bits per heavy atom. The maximum absolute atomic E-state index is 11.9. The van der Waals surface area contributed by atoms with Gasteiger partial charge in [0, 0.05) is 25.6 Å². The van der Waals surface area contributed by atoms with Gasteiger partial charge >= 0.3 is 0 Å². The Bertz CT molecular complexity index is 490. The Morgan fingerprint density at radius 1 is 1.40 bits per heavy atom. The van der Waals surface area contributed by atoms with Crippen molar-refractivity contribution in [2.45, 2.75) is 0 Å². The van der Waals surface area contributed by atoms with Crippen molar-refractivity contribution in [1.82, 2.24) is 14.5 Å². The van der Waals surface area contributed by atoms with Gasteiger partial charge < -0.3 is 4.57 Å².